The third kappa shape index (κ3) is 2.54. The van der Waals surface area contributed by atoms with Crippen molar-refractivity contribution in [3.63, 3.8) is 0 Å². The summed E-state index contributed by atoms with van der Waals surface area (Å²) >= 11 is 0. The van der Waals surface area contributed by atoms with Gasteiger partial charge in [0.05, 0.1) is 17.6 Å². The summed E-state index contributed by atoms with van der Waals surface area (Å²) in [6, 6.07) is 8.45. The Balaban J connectivity index is 2.35. The van der Waals surface area contributed by atoms with E-state index >= 15 is 0 Å². The first-order valence-electron chi connectivity index (χ1n) is 6.10. The molecule has 0 aliphatic carbocycles. The smallest absolute Gasteiger partial charge is 0.0857 e. The molecule has 90 valence electrons. The van der Waals surface area contributed by atoms with Crippen LogP contribution in [0.3, 0.4) is 0 Å². The zero-order chi connectivity index (χ0) is 12.4. The Morgan fingerprint density at radius 1 is 1.06 bits per heavy atom. The summed E-state index contributed by atoms with van der Waals surface area (Å²) in [5.74, 6) is 0.945. The number of aromatic nitrogens is 3. The largest absolute Gasteiger partial charge is 0.220 e. The molecule has 0 unspecified atom stereocenters. The summed E-state index contributed by atoms with van der Waals surface area (Å²) in [5, 5.41) is 8.35. The summed E-state index contributed by atoms with van der Waals surface area (Å²) in [7, 11) is 0. The van der Waals surface area contributed by atoms with Crippen LogP contribution in [-0.2, 0) is 0 Å². The van der Waals surface area contributed by atoms with Crippen molar-refractivity contribution in [1.29, 1.82) is 0 Å². The van der Waals surface area contributed by atoms with Crippen LogP contribution in [0.4, 0.5) is 0 Å². The molecule has 0 bridgehead atoms. The van der Waals surface area contributed by atoms with Crippen molar-refractivity contribution in [3.05, 3.63) is 41.7 Å². The van der Waals surface area contributed by atoms with Crippen LogP contribution < -0.4 is 0 Å². The second-order valence-electron chi connectivity index (χ2n) is 4.99. The molecule has 0 atom stereocenters. The third-order valence-electron chi connectivity index (χ3n) is 2.90. The number of hydrogen-bond acceptors (Lipinski definition) is 2. The van der Waals surface area contributed by atoms with Gasteiger partial charge in [-0.1, -0.05) is 45.0 Å². The van der Waals surface area contributed by atoms with Crippen molar-refractivity contribution in [2.45, 2.75) is 39.5 Å². The van der Waals surface area contributed by atoms with E-state index in [2.05, 4.69) is 62.3 Å². The monoisotopic (exact) mass is 229 g/mol. The Morgan fingerprint density at radius 3 is 2.41 bits per heavy atom. The standard InChI is InChI=1S/C14H19N3/c1-10(2)12-6-5-7-13(8-12)17-9-14(11(3)4)15-16-17/h5-11H,1-4H3. The Hall–Kier alpha value is -1.64. The summed E-state index contributed by atoms with van der Waals surface area (Å²) in [4.78, 5) is 0. The van der Waals surface area contributed by atoms with Crippen molar-refractivity contribution >= 4 is 0 Å². The van der Waals surface area contributed by atoms with Gasteiger partial charge in [0, 0.05) is 0 Å². The Kier molecular flexibility index (Phi) is 3.27. The van der Waals surface area contributed by atoms with E-state index in [-0.39, 0.29) is 0 Å². The van der Waals surface area contributed by atoms with Gasteiger partial charge in [0.25, 0.3) is 0 Å². The molecule has 0 saturated carbocycles. The lowest BCUT2D eigenvalue weighted by Crippen LogP contribution is -1.97. The summed E-state index contributed by atoms with van der Waals surface area (Å²) in [6.07, 6.45) is 2.00. The Bertz CT molecular complexity index is 498. The van der Waals surface area contributed by atoms with E-state index in [1.165, 1.54) is 5.56 Å². The predicted octanol–water partition coefficient (Wildman–Crippen LogP) is 3.51. The average molecular weight is 229 g/mol. The molecule has 0 fully saturated rings. The van der Waals surface area contributed by atoms with E-state index in [0.29, 0.717) is 11.8 Å². The molecular weight excluding hydrogens is 210 g/mol. The van der Waals surface area contributed by atoms with Crippen molar-refractivity contribution in [2.24, 2.45) is 0 Å². The minimum Gasteiger partial charge on any atom is -0.220 e. The van der Waals surface area contributed by atoms with E-state index in [1.54, 1.807) is 0 Å². The molecule has 0 spiro atoms. The minimum absolute atomic E-state index is 0.414. The van der Waals surface area contributed by atoms with Crippen LogP contribution >= 0.6 is 0 Å². The van der Waals surface area contributed by atoms with Crippen LogP contribution in [0.5, 0.6) is 0 Å². The molecule has 1 heterocycles. The second-order valence-corrected chi connectivity index (χ2v) is 4.99. The van der Waals surface area contributed by atoms with Crippen molar-refractivity contribution in [2.75, 3.05) is 0 Å². The zero-order valence-electron chi connectivity index (χ0n) is 10.9. The first-order valence-corrected chi connectivity index (χ1v) is 6.10. The first-order chi connectivity index (χ1) is 8.08. The van der Waals surface area contributed by atoms with Gasteiger partial charge in [0.2, 0.25) is 0 Å². The maximum Gasteiger partial charge on any atom is 0.0857 e. The summed E-state index contributed by atoms with van der Waals surface area (Å²) < 4.78 is 1.85. The lowest BCUT2D eigenvalue weighted by Gasteiger charge is -2.07. The highest BCUT2D eigenvalue weighted by atomic mass is 15.4. The number of nitrogens with zero attached hydrogens (tertiary/aromatic N) is 3. The second kappa shape index (κ2) is 4.70. The van der Waals surface area contributed by atoms with Crippen molar-refractivity contribution in [1.82, 2.24) is 15.0 Å². The fourth-order valence-electron chi connectivity index (χ4n) is 1.69. The van der Waals surface area contributed by atoms with Crippen LogP contribution in [0.15, 0.2) is 30.5 Å². The fourth-order valence-corrected chi connectivity index (χ4v) is 1.69. The summed E-state index contributed by atoms with van der Waals surface area (Å²) in [5.41, 5.74) is 3.43. The van der Waals surface area contributed by atoms with Crippen LogP contribution in [0.25, 0.3) is 5.69 Å². The van der Waals surface area contributed by atoms with Crippen LogP contribution in [0.2, 0.25) is 0 Å². The average Bonchev–Trinajstić information content (AvgIpc) is 2.78. The van der Waals surface area contributed by atoms with Crippen LogP contribution in [0.1, 0.15) is 50.8 Å². The third-order valence-corrected chi connectivity index (χ3v) is 2.90. The highest BCUT2D eigenvalue weighted by Crippen LogP contribution is 2.18. The quantitative estimate of drug-likeness (QED) is 0.806. The molecule has 3 heteroatoms. The normalized spacial score (nSPS) is 11.4. The molecular formula is C14H19N3. The maximum atomic E-state index is 4.18. The number of benzene rings is 1. The molecule has 0 radical (unpaired) electrons. The highest BCUT2D eigenvalue weighted by Gasteiger charge is 2.07. The first kappa shape index (κ1) is 11.8. The van der Waals surface area contributed by atoms with E-state index < -0.39 is 0 Å². The van der Waals surface area contributed by atoms with E-state index in [4.69, 9.17) is 0 Å². The number of hydrogen-bond donors (Lipinski definition) is 0. The maximum absolute atomic E-state index is 4.18. The lowest BCUT2D eigenvalue weighted by molar-refractivity contribution is 0.773. The van der Waals surface area contributed by atoms with Gasteiger partial charge in [-0.3, -0.25) is 0 Å². The zero-order valence-corrected chi connectivity index (χ0v) is 10.9. The van der Waals surface area contributed by atoms with Gasteiger partial charge in [-0.05, 0) is 29.5 Å². The van der Waals surface area contributed by atoms with E-state index in [0.717, 1.165) is 11.4 Å². The SMILES string of the molecule is CC(C)c1cccc(-n2cc(C(C)C)nn2)c1. The van der Waals surface area contributed by atoms with Gasteiger partial charge in [0.15, 0.2) is 0 Å². The molecule has 17 heavy (non-hydrogen) atoms. The molecule has 2 aromatic rings. The molecule has 0 saturated heterocycles. The molecule has 2 rings (SSSR count). The Morgan fingerprint density at radius 2 is 1.82 bits per heavy atom. The molecule has 0 aliphatic heterocycles. The lowest BCUT2D eigenvalue weighted by atomic mass is 10.0. The van der Waals surface area contributed by atoms with Gasteiger partial charge in [0.1, 0.15) is 0 Å². The van der Waals surface area contributed by atoms with Gasteiger partial charge < -0.3 is 0 Å². The van der Waals surface area contributed by atoms with Crippen molar-refractivity contribution < 1.29 is 0 Å². The molecule has 0 aliphatic rings. The molecule has 0 N–H and O–H groups in total. The molecule has 1 aromatic heterocycles. The van der Waals surface area contributed by atoms with Crippen LogP contribution in [-0.4, -0.2) is 15.0 Å². The van der Waals surface area contributed by atoms with Crippen LogP contribution in [0, 0.1) is 0 Å². The predicted molar refractivity (Wildman–Crippen MR) is 69.5 cm³/mol. The Labute approximate surface area is 102 Å². The van der Waals surface area contributed by atoms with Gasteiger partial charge >= 0.3 is 0 Å². The summed E-state index contributed by atoms with van der Waals surface area (Å²) in [6.45, 7) is 8.64. The van der Waals surface area contributed by atoms with Gasteiger partial charge in [-0.25, -0.2) is 4.68 Å². The molecule has 3 nitrogen and oxygen atoms in total. The fraction of sp³-hybridized carbons (Fsp3) is 0.429. The van der Waals surface area contributed by atoms with Gasteiger partial charge in [-0.2, -0.15) is 0 Å². The van der Waals surface area contributed by atoms with Gasteiger partial charge in [-0.15, -0.1) is 5.10 Å². The minimum atomic E-state index is 0.414. The molecule has 0 amide bonds. The topological polar surface area (TPSA) is 30.7 Å². The van der Waals surface area contributed by atoms with E-state index in [9.17, 15) is 0 Å². The molecule has 1 aromatic carbocycles. The highest BCUT2D eigenvalue weighted by molar-refractivity contribution is 5.36. The van der Waals surface area contributed by atoms with Crippen molar-refractivity contribution in [3.8, 4) is 5.69 Å². The number of rotatable bonds is 3. The van der Waals surface area contributed by atoms with E-state index in [1.807, 2.05) is 10.9 Å².